The van der Waals surface area contributed by atoms with Crippen molar-refractivity contribution in [3.05, 3.63) is 40.8 Å². The number of H-pyrrole nitrogens is 1. The number of hydrogen-bond acceptors (Lipinski definition) is 5. The first-order valence-corrected chi connectivity index (χ1v) is 13.4. The maximum atomic E-state index is 15.2. The molecule has 0 bridgehead atoms. The predicted molar refractivity (Wildman–Crippen MR) is 136 cm³/mol. The smallest absolute Gasteiger partial charge is 0.419 e. The summed E-state index contributed by atoms with van der Waals surface area (Å²) in [6, 6.07) is 3.76. The third-order valence-corrected chi connectivity index (χ3v) is 8.01. The van der Waals surface area contributed by atoms with Crippen molar-refractivity contribution in [3.8, 4) is 0 Å². The normalized spacial score (nSPS) is 22.8. The molecule has 0 spiro atoms. The molecule has 2 heterocycles. The molecule has 1 aromatic carbocycles. The van der Waals surface area contributed by atoms with Crippen LogP contribution in [0.2, 0.25) is 0 Å². The van der Waals surface area contributed by atoms with E-state index in [0.717, 1.165) is 36.3 Å². The van der Waals surface area contributed by atoms with Gasteiger partial charge in [-0.15, -0.1) is 0 Å². The average molecular weight is 566 g/mol. The second-order valence-electron chi connectivity index (χ2n) is 11.2. The summed E-state index contributed by atoms with van der Waals surface area (Å²) in [6.45, 7) is 3.34. The lowest BCUT2D eigenvalue weighted by Crippen LogP contribution is -2.36. The van der Waals surface area contributed by atoms with Crippen molar-refractivity contribution in [1.29, 1.82) is 0 Å². The monoisotopic (exact) mass is 565 g/mol. The molecule has 2 saturated carbocycles. The van der Waals surface area contributed by atoms with Gasteiger partial charge in [0.2, 0.25) is 11.8 Å². The third-order valence-electron chi connectivity index (χ3n) is 8.01. The number of amides is 3. The summed E-state index contributed by atoms with van der Waals surface area (Å²) < 4.78 is 62.6. The maximum Gasteiger partial charge on any atom is 0.419 e. The fourth-order valence-corrected chi connectivity index (χ4v) is 5.40. The summed E-state index contributed by atoms with van der Waals surface area (Å²) in [7, 11) is 0. The zero-order valence-electron chi connectivity index (χ0n) is 22.2. The number of carbonyl (C=O) groups excluding carboxylic acids is 3. The molecule has 2 aromatic rings. The topological polar surface area (TPSA) is 116 Å². The molecular formula is C27H31F4N5O4. The zero-order valence-corrected chi connectivity index (χ0v) is 22.2. The molecule has 216 valence electrons. The summed E-state index contributed by atoms with van der Waals surface area (Å²) >= 11 is 0. The highest BCUT2D eigenvalue weighted by Crippen LogP contribution is 2.42. The molecule has 5 rings (SSSR count). The van der Waals surface area contributed by atoms with Gasteiger partial charge in [0.15, 0.2) is 11.6 Å². The van der Waals surface area contributed by atoms with Gasteiger partial charge in [-0.25, -0.2) is 9.18 Å². The van der Waals surface area contributed by atoms with E-state index in [0.29, 0.717) is 25.0 Å². The lowest BCUT2D eigenvalue weighted by molar-refractivity contribution is -0.141. The highest BCUT2D eigenvalue weighted by Gasteiger charge is 2.42. The van der Waals surface area contributed by atoms with Gasteiger partial charge in [0.05, 0.1) is 17.2 Å². The summed E-state index contributed by atoms with van der Waals surface area (Å²) in [6.07, 6.45) is -1.42. The van der Waals surface area contributed by atoms with Gasteiger partial charge in [-0.05, 0) is 64.0 Å². The minimum atomic E-state index is -5.08. The molecule has 13 heteroatoms. The molecule has 40 heavy (non-hydrogen) atoms. The van der Waals surface area contributed by atoms with Crippen molar-refractivity contribution in [3.63, 3.8) is 0 Å². The number of anilines is 2. The van der Waals surface area contributed by atoms with E-state index < -0.39 is 52.6 Å². The first-order valence-electron chi connectivity index (χ1n) is 13.4. The van der Waals surface area contributed by atoms with Crippen molar-refractivity contribution in [1.82, 2.24) is 15.5 Å². The Labute approximate surface area is 228 Å². The number of alkyl halides is 3. The Balaban J connectivity index is 1.24. The zero-order chi connectivity index (χ0) is 28.8. The standard InChI is InChI=1S/C27H31F4N5O4/c1-14(17-7-8-19(36-11-3-4-21(36)37)23(28)22(17)27(29,30)31)24(38)32-20-13-18(34-35-20)15-5-6-16(12-15)40-25(39)33-26(2)9-10-26/h7-8,13-16H,3-6,9-12H2,1-2H3,(H,33,39)(H2,32,34,35,38)/t14?,15-,16+/m1/s1. The molecule has 3 amide bonds. The van der Waals surface area contributed by atoms with Crippen molar-refractivity contribution in [2.45, 2.75) is 88.4 Å². The number of ether oxygens (including phenoxy) is 1. The number of nitrogens with zero attached hydrogens (tertiary/aromatic N) is 2. The van der Waals surface area contributed by atoms with E-state index in [1.807, 2.05) is 6.92 Å². The number of aromatic nitrogens is 2. The Morgan fingerprint density at radius 1 is 1.25 bits per heavy atom. The number of nitrogens with one attached hydrogen (secondary N) is 3. The summed E-state index contributed by atoms with van der Waals surface area (Å²) in [5.74, 6) is -4.08. The Kier molecular flexibility index (Phi) is 7.26. The van der Waals surface area contributed by atoms with Crippen molar-refractivity contribution in [2.24, 2.45) is 0 Å². The summed E-state index contributed by atoms with van der Waals surface area (Å²) in [5.41, 5.74) is -2.02. The van der Waals surface area contributed by atoms with Crippen LogP contribution in [0.1, 0.15) is 87.4 Å². The van der Waals surface area contributed by atoms with Gasteiger partial charge in [0.25, 0.3) is 0 Å². The number of carbonyl (C=O) groups is 3. The molecule has 9 nitrogen and oxygen atoms in total. The van der Waals surface area contributed by atoms with Gasteiger partial charge >= 0.3 is 12.3 Å². The second kappa shape index (κ2) is 10.4. The average Bonchev–Trinajstić information content (AvgIpc) is 3.28. The molecule has 3 atom stereocenters. The number of benzene rings is 1. The first kappa shape index (κ1) is 27.9. The van der Waals surface area contributed by atoms with Crippen LogP contribution in [0.4, 0.5) is 33.9 Å². The predicted octanol–water partition coefficient (Wildman–Crippen LogP) is 5.35. The molecule has 0 radical (unpaired) electrons. The first-order chi connectivity index (χ1) is 18.8. The Hall–Kier alpha value is -3.64. The number of halogens is 4. The quantitative estimate of drug-likeness (QED) is 0.392. The molecule has 1 aliphatic heterocycles. The SMILES string of the molecule is CC(C(=O)Nc1cc([C@@H]2CC[C@H](OC(=O)NC3(C)CC3)C2)[nH]n1)c1ccc(N2CCCC2=O)c(F)c1C(F)(F)F. The molecule has 2 aliphatic carbocycles. The van der Waals surface area contributed by atoms with Gasteiger partial charge in [-0.1, -0.05) is 6.07 Å². The van der Waals surface area contributed by atoms with Gasteiger partial charge in [0, 0.05) is 36.2 Å². The second-order valence-corrected chi connectivity index (χ2v) is 11.2. The van der Waals surface area contributed by atoms with Gasteiger partial charge < -0.3 is 20.3 Å². The number of aromatic amines is 1. The van der Waals surface area contributed by atoms with Crippen LogP contribution < -0.4 is 15.5 Å². The Morgan fingerprint density at radius 3 is 2.65 bits per heavy atom. The van der Waals surface area contributed by atoms with Crippen molar-refractivity contribution >= 4 is 29.4 Å². The Morgan fingerprint density at radius 2 is 2.00 bits per heavy atom. The number of alkyl carbamates (subject to hydrolysis) is 1. The fraction of sp³-hybridized carbons (Fsp3) is 0.556. The Bertz CT molecular complexity index is 1320. The van der Waals surface area contributed by atoms with Crippen LogP contribution in [0, 0.1) is 5.82 Å². The van der Waals surface area contributed by atoms with Crippen LogP contribution in [0.5, 0.6) is 0 Å². The van der Waals surface area contributed by atoms with E-state index in [9.17, 15) is 27.6 Å². The van der Waals surface area contributed by atoms with Crippen molar-refractivity contribution in [2.75, 3.05) is 16.8 Å². The van der Waals surface area contributed by atoms with Crippen LogP contribution in [-0.2, 0) is 20.5 Å². The fourth-order valence-electron chi connectivity index (χ4n) is 5.40. The molecule has 3 N–H and O–H groups in total. The number of rotatable bonds is 7. The molecule has 1 saturated heterocycles. The van der Waals surface area contributed by atoms with E-state index in [1.54, 1.807) is 6.07 Å². The highest BCUT2D eigenvalue weighted by molar-refractivity contribution is 5.97. The van der Waals surface area contributed by atoms with E-state index >= 15 is 4.39 Å². The van der Waals surface area contributed by atoms with Crippen LogP contribution in [-0.4, -0.2) is 46.3 Å². The van der Waals surface area contributed by atoms with E-state index in [2.05, 4.69) is 20.8 Å². The maximum absolute atomic E-state index is 15.2. The van der Waals surface area contributed by atoms with Crippen LogP contribution in [0.25, 0.3) is 0 Å². The third kappa shape index (κ3) is 5.78. The van der Waals surface area contributed by atoms with Gasteiger partial charge in [-0.3, -0.25) is 14.7 Å². The molecular weight excluding hydrogens is 534 g/mol. The minimum Gasteiger partial charge on any atom is -0.446 e. The summed E-state index contributed by atoms with van der Waals surface area (Å²) in [5, 5.41) is 12.3. The van der Waals surface area contributed by atoms with Crippen LogP contribution >= 0.6 is 0 Å². The lowest BCUT2D eigenvalue weighted by atomic mass is 9.93. The molecule has 1 aromatic heterocycles. The van der Waals surface area contributed by atoms with Crippen molar-refractivity contribution < 1.29 is 36.7 Å². The molecule has 3 aliphatic rings. The van der Waals surface area contributed by atoms with E-state index in [-0.39, 0.29) is 36.3 Å². The van der Waals surface area contributed by atoms with Gasteiger partial charge in [-0.2, -0.15) is 18.3 Å². The summed E-state index contributed by atoms with van der Waals surface area (Å²) in [4.78, 5) is 38.0. The molecule has 1 unspecified atom stereocenters. The van der Waals surface area contributed by atoms with E-state index in [4.69, 9.17) is 4.74 Å². The lowest BCUT2D eigenvalue weighted by Gasteiger charge is -2.23. The van der Waals surface area contributed by atoms with Crippen LogP contribution in [0.3, 0.4) is 0 Å². The minimum absolute atomic E-state index is 0.00310. The van der Waals surface area contributed by atoms with E-state index in [1.165, 1.54) is 6.92 Å². The van der Waals surface area contributed by atoms with Gasteiger partial charge in [0.1, 0.15) is 6.10 Å². The largest absolute Gasteiger partial charge is 0.446 e. The molecule has 3 fully saturated rings. The number of hydrogen-bond donors (Lipinski definition) is 3. The highest BCUT2D eigenvalue weighted by atomic mass is 19.4. The van der Waals surface area contributed by atoms with Crippen LogP contribution in [0.15, 0.2) is 18.2 Å².